The van der Waals surface area contributed by atoms with Crippen molar-refractivity contribution in [3.63, 3.8) is 0 Å². The van der Waals surface area contributed by atoms with Crippen LogP contribution >= 0.6 is 0 Å². The van der Waals surface area contributed by atoms with Gasteiger partial charge in [0.1, 0.15) is 0 Å². The molecular weight excluding hydrogens is 270 g/mol. The van der Waals surface area contributed by atoms with Gasteiger partial charge in [0, 0.05) is 26.7 Å². The zero-order valence-electron chi connectivity index (χ0n) is 13.2. The van der Waals surface area contributed by atoms with Gasteiger partial charge in [0.25, 0.3) is 0 Å². The highest BCUT2D eigenvalue weighted by molar-refractivity contribution is 5.85. The summed E-state index contributed by atoms with van der Waals surface area (Å²) in [4.78, 5) is 23.6. The fraction of sp³-hybridized carbons (Fsp3) is 0.875. The van der Waals surface area contributed by atoms with Crippen molar-refractivity contribution in [2.24, 2.45) is 5.41 Å². The summed E-state index contributed by atoms with van der Waals surface area (Å²) in [5.74, 6) is -0.925. The van der Waals surface area contributed by atoms with E-state index in [2.05, 4.69) is 5.32 Å². The molecule has 0 saturated heterocycles. The Kier molecular flexibility index (Phi) is 8.35. The van der Waals surface area contributed by atoms with Crippen LogP contribution in [-0.4, -0.2) is 37.2 Å². The maximum absolute atomic E-state index is 12.0. The van der Waals surface area contributed by atoms with Crippen LogP contribution in [0.3, 0.4) is 0 Å². The Labute approximate surface area is 127 Å². The number of ether oxygens (including phenoxy) is 1. The van der Waals surface area contributed by atoms with E-state index in [9.17, 15) is 14.7 Å². The second-order valence-electron chi connectivity index (χ2n) is 6.08. The van der Waals surface area contributed by atoms with Crippen LogP contribution in [-0.2, 0) is 14.3 Å². The molecule has 1 aliphatic carbocycles. The molecule has 1 aliphatic rings. The van der Waals surface area contributed by atoms with Crippen LogP contribution in [0.25, 0.3) is 0 Å². The first kappa shape index (κ1) is 18.0. The van der Waals surface area contributed by atoms with E-state index in [1.54, 1.807) is 7.11 Å². The molecule has 0 radical (unpaired) electrons. The zero-order chi connectivity index (χ0) is 15.6. The SMILES string of the molecule is COCCCCCNC(=O)CC1(C(=O)O)CCCCCC1. The third-order valence-electron chi connectivity index (χ3n) is 4.36. The first-order chi connectivity index (χ1) is 10.1. The molecule has 122 valence electrons. The van der Waals surface area contributed by atoms with Gasteiger partial charge in [-0.05, 0) is 32.1 Å². The van der Waals surface area contributed by atoms with Gasteiger partial charge in [0.15, 0.2) is 0 Å². The molecule has 2 N–H and O–H groups in total. The van der Waals surface area contributed by atoms with Crippen LogP contribution < -0.4 is 5.32 Å². The number of hydrogen-bond acceptors (Lipinski definition) is 3. The summed E-state index contributed by atoms with van der Waals surface area (Å²) in [5.41, 5.74) is -0.837. The Bertz CT molecular complexity index is 322. The van der Waals surface area contributed by atoms with E-state index in [0.29, 0.717) is 19.4 Å². The summed E-state index contributed by atoms with van der Waals surface area (Å²) in [6, 6.07) is 0. The highest BCUT2D eigenvalue weighted by Crippen LogP contribution is 2.38. The van der Waals surface area contributed by atoms with Gasteiger partial charge < -0.3 is 15.2 Å². The number of rotatable bonds is 9. The van der Waals surface area contributed by atoms with Crippen LogP contribution in [0.15, 0.2) is 0 Å². The van der Waals surface area contributed by atoms with E-state index in [0.717, 1.165) is 51.6 Å². The lowest BCUT2D eigenvalue weighted by Gasteiger charge is -2.27. The van der Waals surface area contributed by atoms with Crippen molar-refractivity contribution in [1.29, 1.82) is 0 Å². The Balaban J connectivity index is 2.33. The van der Waals surface area contributed by atoms with Crippen molar-refractivity contribution in [1.82, 2.24) is 5.32 Å². The molecule has 5 heteroatoms. The number of carbonyl (C=O) groups is 2. The Morgan fingerprint density at radius 1 is 1.10 bits per heavy atom. The van der Waals surface area contributed by atoms with Crippen LogP contribution in [0, 0.1) is 5.41 Å². The van der Waals surface area contributed by atoms with E-state index in [-0.39, 0.29) is 12.3 Å². The molecule has 0 aromatic carbocycles. The molecule has 5 nitrogen and oxygen atoms in total. The topological polar surface area (TPSA) is 75.6 Å². The second-order valence-corrected chi connectivity index (χ2v) is 6.08. The van der Waals surface area contributed by atoms with Crippen LogP contribution in [0.1, 0.15) is 64.2 Å². The van der Waals surface area contributed by atoms with Gasteiger partial charge in [-0.25, -0.2) is 0 Å². The Morgan fingerprint density at radius 3 is 2.33 bits per heavy atom. The van der Waals surface area contributed by atoms with Crippen molar-refractivity contribution in [3.05, 3.63) is 0 Å². The van der Waals surface area contributed by atoms with Crippen molar-refractivity contribution < 1.29 is 19.4 Å². The standard InChI is InChI=1S/C16H29NO4/c1-21-12-8-4-7-11-17-14(18)13-16(15(19)20)9-5-2-3-6-10-16/h2-13H2,1H3,(H,17,18)(H,19,20). The third kappa shape index (κ3) is 6.46. The number of amides is 1. The molecule has 1 saturated carbocycles. The number of aliphatic carboxylic acids is 1. The molecule has 0 aromatic heterocycles. The number of nitrogens with one attached hydrogen (secondary N) is 1. The van der Waals surface area contributed by atoms with Crippen molar-refractivity contribution in [2.75, 3.05) is 20.3 Å². The van der Waals surface area contributed by atoms with Gasteiger partial charge in [-0.2, -0.15) is 0 Å². The summed E-state index contributed by atoms with van der Waals surface area (Å²) in [6.45, 7) is 1.37. The van der Waals surface area contributed by atoms with Crippen molar-refractivity contribution >= 4 is 11.9 Å². The van der Waals surface area contributed by atoms with Crippen molar-refractivity contribution in [3.8, 4) is 0 Å². The summed E-state index contributed by atoms with van der Waals surface area (Å²) < 4.78 is 4.97. The van der Waals surface area contributed by atoms with Crippen LogP contribution in [0.4, 0.5) is 0 Å². The minimum Gasteiger partial charge on any atom is -0.481 e. The second kappa shape index (κ2) is 9.77. The summed E-state index contributed by atoms with van der Waals surface area (Å²) >= 11 is 0. The van der Waals surface area contributed by atoms with Gasteiger partial charge in [-0.15, -0.1) is 0 Å². The predicted octanol–water partition coefficient (Wildman–Crippen LogP) is 2.73. The molecule has 0 aromatic rings. The highest BCUT2D eigenvalue weighted by atomic mass is 16.5. The maximum Gasteiger partial charge on any atom is 0.310 e. The zero-order valence-corrected chi connectivity index (χ0v) is 13.2. The maximum atomic E-state index is 12.0. The van der Waals surface area contributed by atoms with E-state index in [4.69, 9.17) is 4.74 Å². The summed E-state index contributed by atoms with van der Waals surface area (Å²) in [6.07, 6.45) is 8.28. The minimum atomic E-state index is -0.837. The van der Waals surface area contributed by atoms with E-state index in [1.165, 1.54) is 0 Å². The quantitative estimate of drug-likeness (QED) is 0.507. The lowest BCUT2D eigenvalue weighted by Crippen LogP contribution is -2.37. The highest BCUT2D eigenvalue weighted by Gasteiger charge is 2.40. The number of carbonyl (C=O) groups excluding carboxylic acids is 1. The van der Waals surface area contributed by atoms with Crippen LogP contribution in [0.2, 0.25) is 0 Å². The molecule has 0 aliphatic heterocycles. The molecule has 1 fully saturated rings. The molecule has 0 atom stereocenters. The number of carboxylic acid groups (broad SMARTS) is 1. The fourth-order valence-corrected chi connectivity index (χ4v) is 3.02. The average Bonchev–Trinajstić information content (AvgIpc) is 2.69. The first-order valence-corrected chi connectivity index (χ1v) is 8.10. The molecule has 0 spiro atoms. The smallest absolute Gasteiger partial charge is 0.310 e. The molecule has 0 unspecified atom stereocenters. The minimum absolute atomic E-state index is 0.119. The van der Waals surface area contributed by atoms with Crippen molar-refractivity contribution in [2.45, 2.75) is 64.2 Å². The number of hydrogen-bond donors (Lipinski definition) is 2. The number of unbranched alkanes of at least 4 members (excludes halogenated alkanes) is 2. The summed E-state index contributed by atoms with van der Waals surface area (Å²) in [7, 11) is 1.68. The molecular formula is C16H29NO4. The lowest BCUT2D eigenvalue weighted by molar-refractivity contribution is -0.152. The van der Waals surface area contributed by atoms with Gasteiger partial charge in [-0.3, -0.25) is 9.59 Å². The molecule has 0 heterocycles. The number of carboxylic acids is 1. The van der Waals surface area contributed by atoms with E-state index in [1.807, 2.05) is 0 Å². The Hall–Kier alpha value is -1.10. The molecule has 0 bridgehead atoms. The first-order valence-electron chi connectivity index (χ1n) is 8.10. The van der Waals surface area contributed by atoms with E-state index >= 15 is 0 Å². The predicted molar refractivity (Wildman–Crippen MR) is 81.1 cm³/mol. The average molecular weight is 299 g/mol. The number of methoxy groups -OCH3 is 1. The lowest BCUT2D eigenvalue weighted by atomic mass is 9.77. The van der Waals surface area contributed by atoms with Gasteiger partial charge >= 0.3 is 5.97 Å². The van der Waals surface area contributed by atoms with Gasteiger partial charge in [-0.1, -0.05) is 25.7 Å². The summed E-state index contributed by atoms with van der Waals surface area (Å²) in [5, 5.41) is 12.4. The molecule has 1 rings (SSSR count). The Morgan fingerprint density at radius 2 is 1.76 bits per heavy atom. The van der Waals surface area contributed by atoms with Gasteiger partial charge in [0.05, 0.1) is 5.41 Å². The van der Waals surface area contributed by atoms with E-state index < -0.39 is 11.4 Å². The fourth-order valence-electron chi connectivity index (χ4n) is 3.02. The van der Waals surface area contributed by atoms with Crippen LogP contribution in [0.5, 0.6) is 0 Å². The largest absolute Gasteiger partial charge is 0.481 e. The third-order valence-corrected chi connectivity index (χ3v) is 4.36. The van der Waals surface area contributed by atoms with Gasteiger partial charge in [0.2, 0.25) is 5.91 Å². The monoisotopic (exact) mass is 299 g/mol. The normalized spacial score (nSPS) is 18.0. The molecule has 1 amide bonds. The molecule has 21 heavy (non-hydrogen) atoms.